The average Bonchev–Trinajstić information content (AvgIpc) is 3.31. The number of rotatable bonds is 3. The molecule has 1 N–H and O–H groups in total. The van der Waals surface area contributed by atoms with Crippen LogP contribution in [-0.2, 0) is 19.5 Å². The smallest absolute Gasteiger partial charge is 0.274 e. The van der Waals surface area contributed by atoms with Crippen LogP contribution < -0.4 is 0 Å². The molecule has 0 spiro atoms. The Morgan fingerprint density at radius 2 is 2.12 bits per heavy atom. The second-order valence-electron chi connectivity index (χ2n) is 6.80. The Bertz CT molecular complexity index is 829. The number of aromatic nitrogens is 2. The van der Waals surface area contributed by atoms with Gasteiger partial charge in [-0.1, -0.05) is 12.1 Å². The van der Waals surface area contributed by atoms with E-state index in [9.17, 15) is 4.79 Å². The molecule has 0 atom stereocenters. The number of fused-ring (bicyclic) bond motifs is 1. The highest BCUT2D eigenvalue weighted by molar-refractivity contribution is 5.94. The number of likely N-dealkylation sites (tertiary alicyclic amines) is 1. The Balaban J connectivity index is 1.47. The molecule has 2 aromatic rings. The van der Waals surface area contributed by atoms with Gasteiger partial charge in [-0.2, -0.15) is 10.4 Å². The van der Waals surface area contributed by atoms with Gasteiger partial charge >= 0.3 is 0 Å². The molecule has 128 valence electrons. The van der Waals surface area contributed by atoms with E-state index in [0.717, 1.165) is 68.8 Å². The summed E-state index contributed by atoms with van der Waals surface area (Å²) < 4.78 is 0. The van der Waals surface area contributed by atoms with Crippen LogP contribution >= 0.6 is 0 Å². The molecular weight excluding hydrogens is 314 g/mol. The largest absolute Gasteiger partial charge is 0.337 e. The Hall–Kier alpha value is -2.65. The quantitative estimate of drug-likeness (QED) is 0.932. The summed E-state index contributed by atoms with van der Waals surface area (Å²) in [6.45, 7) is 4.14. The first-order chi connectivity index (χ1) is 12.2. The molecule has 25 heavy (non-hydrogen) atoms. The fourth-order valence-electron chi connectivity index (χ4n) is 3.75. The lowest BCUT2D eigenvalue weighted by Gasteiger charge is -2.27. The summed E-state index contributed by atoms with van der Waals surface area (Å²) >= 11 is 0. The molecule has 1 saturated heterocycles. The fraction of sp³-hybridized carbons (Fsp3) is 0.421. The first-order valence-corrected chi connectivity index (χ1v) is 8.81. The molecular formula is C19H21N5O. The highest BCUT2D eigenvalue weighted by atomic mass is 16.2. The van der Waals surface area contributed by atoms with Crippen molar-refractivity contribution in [1.29, 1.82) is 5.26 Å². The molecule has 3 heterocycles. The summed E-state index contributed by atoms with van der Waals surface area (Å²) in [4.78, 5) is 16.9. The third kappa shape index (κ3) is 3.15. The number of H-pyrrole nitrogens is 1. The molecule has 2 aliphatic heterocycles. The van der Waals surface area contributed by atoms with Crippen molar-refractivity contribution in [3.8, 4) is 6.07 Å². The lowest BCUT2D eigenvalue weighted by Crippen LogP contribution is -2.32. The second-order valence-corrected chi connectivity index (χ2v) is 6.80. The van der Waals surface area contributed by atoms with Crippen LogP contribution in [0.4, 0.5) is 0 Å². The monoisotopic (exact) mass is 335 g/mol. The van der Waals surface area contributed by atoms with Crippen molar-refractivity contribution in [2.75, 3.05) is 19.6 Å². The molecule has 0 saturated carbocycles. The van der Waals surface area contributed by atoms with Crippen molar-refractivity contribution in [2.24, 2.45) is 0 Å². The molecule has 1 fully saturated rings. The number of nitrogens with zero attached hydrogens (tertiary/aromatic N) is 4. The van der Waals surface area contributed by atoms with Gasteiger partial charge < -0.3 is 4.90 Å². The summed E-state index contributed by atoms with van der Waals surface area (Å²) in [5, 5.41) is 16.4. The van der Waals surface area contributed by atoms with Gasteiger partial charge in [-0.15, -0.1) is 0 Å². The Morgan fingerprint density at radius 3 is 2.92 bits per heavy atom. The molecule has 4 rings (SSSR count). The first kappa shape index (κ1) is 15.9. The van der Waals surface area contributed by atoms with Crippen LogP contribution in [0.2, 0.25) is 0 Å². The number of nitriles is 1. The second kappa shape index (κ2) is 6.69. The van der Waals surface area contributed by atoms with E-state index in [4.69, 9.17) is 5.26 Å². The minimum atomic E-state index is 0.0742. The van der Waals surface area contributed by atoms with E-state index in [-0.39, 0.29) is 5.91 Å². The number of aromatic amines is 1. The van der Waals surface area contributed by atoms with Crippen molar-refractivity contribution in [3.63, 3.8) is 0 Å². The molecule has 1 aromatic heterocycles. The Labute approximate surface area is 147 Å². The maximum absolute atomic E-state index is 12.6. The van der Waals surface area contributed by atoms with Gasteiger partial charge in [-0.25, -0.2) is 0 Å². The number of amides is 1. The number of hydrogen-bond donors (Lipinski definition) is 1. The molecule has 0 unspecified atom stereocenters. The zero-order chi connectivity index (χ0) is 17.2. The van der Waals surface area contributed by atoms with Gasteiger partial charge in [-0.3, -0.25) is 14.8 Å². The van der Waals surface area contributed by atoms with Gasteiger partial charge in [-0.05, 0) is 37.0 Å². The maximum Gasteiger partial charge on any atom is 0.274 e. The van der Waals surface area contributed by atoms with Crippen molar-refractivity contribution >= 4 is 5.91 Å². The van der Waals surface area contributed by atoms with Crippen molar-refractivity contribution in [1.82, 2.24) is 20.0 Å². The maximum atomic E-state index is 12.6. The summed E-state index contributed by atoms with van der Waals surface area (Å²) in [6, 6.07) is 9.91. The summed E-state index contributed by atoms with van der Waals surface area (Å²) in [6.07, 6.45) is 3.01. The Morgan fingerprint density at radius 1 is 1.28 bits per heavy atom. The molecule has 0 radical (unpaired) electrons. The zero-order valence-corrected chi connectivity index (χ0v) is 14.2. The molecule has 6 nitrogen and oxygen atoms in total. The first-order valence-electron chi connectivity index (χ1n) is 8.81. The van der Waals surface area contributed by atoms with Crippen molar-refractivity contribution in [2.45, 2.75) is 32.4 Å². The lowest BCUT2D eigenvalue weighted by atomic mass is 10.0. The standard InChI is InChI=1S/C19H21N5O/c20-11-14-4-3-5-15(10-14)12-23-9-6-16-17(13-23)21-22-18(16)19(25)24-7-1-2-8-24/h3-5,10H,1-2,6-9,12-13H2,(H,21,22). The fourth-order valence-corrected chi connectivity index (χ4v) is 3.75. The minimum absolute atomic E-state index is 0.0742. The van der Waals surface area contributed by atoms with E-state index in [2.05, 4.69) is 21.2 Å². The molecule has 6 heteroatoms. The molecule has 1 aromatic carbocycles. The van der Waals surface area contributed by atoms with E-state index in [1.807, 2.05) is 29.2 Å². The third-order valence-electron chi connectivity index (χ3n) is 5.07. The van der Waals surface area contributed by atoms with Crippen LogP contribution in [0.3, 0.4) is 0 Å². The van der Waals surface area contributed by atoms with Crippen LogP contribution in [0.15, 0.2) is 24.3 Å². The number of nitrogens with one attached hydrogen (secondary N) is 1. The van der Waals surface area contributed by atoms with Gasteiger partial charge in [0.05, 0.1) is 17.3 Å². The molecule has 0 aliphatic carbocycles. The van der Waals surface area contributed by atoms with Crippen LogP contribution in [0.5, 0.6) is 0 Å². The predicted molar refractivity (Wildman–Crippen MR) is 92.7 cm³/mol. The van der Waals surface area contributed by atoms with E-state index in [0.29, 0.717) is 11.3 Å². The predicted octanol–water partition coefficient (Wildman–Crippen LogP) is 2.08. The van der Waals surface area contributed by atoms with Crippen LogP contribution in [0, 0.1) is 11.3 Å². The minimum Gasteiger partial charge on any atom is -0.337 e. The summed E-state index contributed by atoms with van der Waals surface area (Å²) in [5.41, 5.74) is 4.57. The normalized spacial score (nSPS) is 17.3. The Kier molecular flexibility index (Phi) is 4.24. The van der Waals surface area contributed by atoms with E-state index in [1.54, 1.807) is 0 Å². The van der Waals surface area contributed by atoms with E-state index < -0.39 is 0 Å². The van der Waals surface area contributed by atoms with E-state index in [1.165, 1.54) is 0 Å². The number of carbonyl (C=O) groups is 1. The van der Waals surface area contributed by atoms with Gasteiger partial charge in [0.15, 0.2) is 5.69 Å². The zero-order valence-electron chi connectivity index (χ0n) is 14.2. The topological polar surface area (TPSA) is 76.0 Å². The molecule has 1 amide bonds. The highest BCUT2D eigenvalue weighted by Crippen LogP contribution is 2.24. The van der Waals surface area contributed by atoms with Gasteiger partial charge in [0.25, 0.3) is 5.91 Å². The SMILES string of the molecule is N#Cc1cccc(CN2CCc3c(C(=O)N4CCCC4)n[nH]c3C2)c1. The van der Waals surface area contributed by atoms with E-state index >= 15 is 0 Å². The summed E-state index contributed by atoms with van der Waals surface area (Å²) in [7, 11) is 0. The van der Waals surface area contributed by atoms with Crippen LogP contribution in [0.25, 0.3) is 0 Å². The van der Waals surface area contributed by atoms with Crippen LogP contribution in [0.1, 0.15) is 45.7 Å². The number of carbonyl (C=O) groups excluding carboxylic acids is 1. The van der Waals surface area contributed by atoms with Gasteiger partial charge in [0.2, 0.25) is 0 Å². The number of benzene rings is 1. The van der Waals surface area contributed by atoms with Gasteiger partial charge in [0.1, 0.15) is 0 Å². The lowest BCUT2D eigenvalue weighted by molar-refractivity contribution is 0.0785. The van der Waals surface area contributed by atoms with Crippen molar-refractivity contribution < 1.29 is 4.79 Å². The molecule has 0 bridgehead atoms. The summed E-state index contributed by atoms with van der Waals surface area (Å²) in [5.74, 6) is 0.0742. The van der Waals surface area contributed by atoms with Crippen molar-refractivity contribution in [3.05, 3.63) is 52.3 Å². The van der Waals surface area contributed by atoms with Gasteiger partial charge in [0, 0.05) is 38.3 Å². The highest BCUT2D eigenvalue weighted by Gasteiger charge is 2.28. The molecule has 2 aliphatic rings. The number of hydrogen-bond acceptors (Lipinski definition) is 4. The third-order valence-corrected chi connectivity index (χ3v) is 5.07. The van der Waals surface area contributed by atoms with Crippen LogP contribution in [-0.4, -0.2) is 45.5 Å². The average molecular weight is 335 g/mol.